The van der Waals surface area contributed by atoms with E-state index in [0.29, 0.717) is 28.7 Å². The Bertz CT molecular complexity index is 981. The van der Waals surface area contributed by atoms with E-state index >= 15 is 0 Å². The highest BCUT2D eigenvalue weighted by Gasteiger charge is 2.17. The van der Waals surface area contributed by atoms with Crippen molar-refractivity contribution in [3.8, 4) is 11.8 Å². The summed E-state index contributed by atoms with van der Waals surface area (Å²) in [4.78, 5) is 16.6. The predicted molar refractivity (Wildman–Crippen MR) is 114 cm³/mol. The van der Waals surface area contributed by atoms with Crippen molar-refractivity contribution in [1.82, 2.24) is 14.9 Å². The zero-order chi connectivity index (χ0) is 19.9. The molecule has 0 radical (unpaired) electrons. The van der Waals surface area contributed by atoms with Crippen LogP contribution in [0.2, 0.25) is 5.28 Å². The van der Waals surface area contributed by atoms with Crippen LogP contribution in [-0.2, 0) is 6.54 Å². The van der Waals surface area contributed by atoms with Gasteiger partial charge in [-0.2, -0.15) is 5.26 Å². The molecule has 0 saturated carbocycles. The Morgan fingerprint density at radius 1 is 1.25 bits per heavy atom. The second-order valence-electron chi connectivity index (χ2n) is 5.97. The van der Waals surface area contributed by atoms with Crippen LogP contribution in [0.3, 0.4) is 0 Å². The van der Waals surface area contributed by atoms with Crippen LogP contribution >= 0.6 is 34.2 Å². The number of carbonyl (C=O) groups excluding carboxylic acids is 1. The summed E-state index contributed by atoms with van der Waals surface area (Å²) in [5.41, 5.74) is 1.13. The number of amides is 1. The van der Waals surface area contributed by atoms with Crippen molar-refractivity contribution < 1.29 is 9.53 Å². The molecule has 0 spiro atoms. The first-order valence-corrected chi connectivity index (χ1v) is 9.87. The van der Waals surface area contributed by atoms with Crippen LogP contribution in [0.1, 0.15) is 15.9 Å². The van der Waals surface area contributed by atoms with E-state index in [4.69, 9.17) is 21.6 Å². The molecule has 0 unspecified atom stereocenters. The van der Waals surface area contributed by atoms with Gasteiger partial charge in [0.25, 0.3) is 5.91 Å². The molecule has 1 N–H and O–H groups in total. The van der Waals surface area contributed by atoms with Gasteiger partial charge in [0.1, 0.15) is 12.4 Å². The Morgan fingerprint density at radius 2 is 1.96 bits per heavy atom. The Balaban J connectivity index is 1.70. The summed E-state index contributed by atoms with van der Waals surface area (Å²) in [6, 6.07) is 15.8. The molecule has 2 aromatic carbocycles. The number of imidazole rings is 1. The molecule has 3 rings (SSSR count). The summed E-state index contributed by atoms with van der Waals surface area (Å²) in [7, 11) is 0. The van der Waals surface area contributed by atoms with E-state index in [1.54, 1.807) is 53.4 Å². The molecule has 0 saturated heterocycles. The maximum atomic E-state index is 12.6. The molecule has 0 aliphatic heterocycles. The average Bonchev–Trinajstić information content (AvgIpc) is 3.11. The SMILES string of the molecule is N#Cc1ccc(OC[C@@H](Cn2ccnc2Cl)NC(=O)c2ccc(I)cc2)cc1. The molecule has 1 atom stereocenters. The highest BCUT2D eigenvalue weighted by molar-refractivity contribution is 14.1. The number of carbonyl (C=O) groups is 1. The van der Waals surface area contributed by atoms with Gasteiger partial charge in [0.2, 0.25) is 5.28 Å². The van der Waals surface area contributed by atoms with Gasteiger partial charge in [0.05, 0.1) is 17.7 Å². The molecule has 0 aliphatic rings. The van der Waals surface area contributed by atoms with Crippen LogP contribution in [0, 0.1) is 14.9 Å². The molecule has 0 aliphatic carbocycles. The van der Waals surface area contributed by atoms with Crippen molar-refractivity contribution in [3.05, 3.63) is 80.9 Å². The van der Waals surface area contributed by atoms with Crippen molar-refractivity contribution in [1.29, 1.82) is 5.26 Å². The Labute approximate surface area is 181 Å². The number of aromatic nitrogens is 2. The zero-order valence-electron chi connectivity index (χ0n) is 14.7. The number of ether oxygens (including phenoxy) is 1. The van der Waals surface area contributed by atoms with Gasteiger partial charge >= 0.3 is 0 Å². The van der Waals surface area contributed by atoms with E-state index in [1.165, 1.54) is 0 Å². The average molecular weight is 507 g/mol. The normalized spacial score (nSPS) is 11.5. The van der Waals surface area contributed by atoms with Crippen LogP contribution in [0.25, 0.3) is 0 Å². The second kappa shape index (κ2) is 9.57. The quantitative estimate of drug-likeness (QED) is 0.493. The smallest absolute Gasteiger partial charge is 0.251 e. The van der Waals surface area contributed by atoms with Crippen LogP contribution in [0.4, 0.5) is 0 Å². The van der Waals surface area contributed by atoms with Crippen LogP contribution in [0.15, 0.2) is 60.9 Å². The minimum atomic E-state index is -0.339. The van der Waals surface area contributed by atoms with E-state index in [9.17, 15) is 4.79 Å². The first-order valence-electron chi connectivity index (χ1n) is 8.41. The Morgan fingerprint density at radius 3 is 2.57 bits per heavy atom. The molecule has 0 fully saturated rings. The van der Waals surface area contributed by atoms with Crippen molar-refractivity contribution in [2.75, 3.05) is 6.61 Å². The van der Waals surface area contributed by atoms with Crippen molar-refractivity contribution in [2.24, 2.45) is 0 Å². The largest absolute Gasteiger partial charge is 0.491 e. The summed E-state index contributed by atoms with van der Waals surface area (Å²) >= 11 is 8.26. The van der Waals surface area contributed by atoms with Crippen LogP contribution in [-0.4, -0.2) is 28.1 Å². The lowest BCUT2D eigenvalue weighted by molar-refractivity contribution is 0.0915. The lowest BCUT2D eigenvalue weighted by Gasteiger charge is -2.20. The molecule has 28 heavy (non-hydrogen) atoms. The standard InChI is InChI=1S/C20H16ClIN4O2/c21-20-24-9-10-26(20)12-17(13-28-18-7-1-14(11-23)2-8-18)25-19(27)15-3-5-16(22)6-4-15/h1-10,17H,12-13H2,(H,25,27)/t17-/m1/s1. The summed E-state index contributed by atoms with van der Waals surface area (Å²) < 4.78 is 8.60. The maximum absolute atomic E-state index is 12.6. The summed E-state index contributed by atoms with van der Waals surface area (Å²) in [6.07, 6.45) is 3.34. The molecule has 1 aromatic heterocycles. The fraction of sp³-hybridized carbons (Fsp3) is 0.150. The molecule has 8 heteroatoms. The van der Waals surface area contributed by atoms with Gasteiger partial charge in [0, 0.05) is 28.1 Å². The van der Waals surface area contributed by atoms with Gasteiger partial charge in [-0.1, -0.05) is 0 Å². The molecule has 1 heterocycles. The third-order valence-electron chi connectivity index (χ3n) is 3.96. The molecule has 142 valence electrons. The van der Waals surface area contributed by atoms with E-state index in [0.717, 1.165) is 3.57 Å². The van der Waals surface area contributed by atoms with E-state index in [2.05, 4.69) is 39.0 Å². The Hall–Kier alpha value is -2.57. The summed E-state index contributed by atoms with van der Waals surface area (Å²) in [6.45, 7) is 0.641. The third kappa shape index (κ3) is 5.47. The molecular formula is C20H16ClIN4O2. The number of halogens is 2. The topological polar surface area (TPSA) is 79.9 Å². The van der Waals surface area contributed by atoms with E-state index in [1.807, 2.05) is 12.1 Å². The molecule has 0 bridgehead atoms. The second-order valence-corrected chi connectivity index (χ2v) is 7.56. The highest BCUT2D eigenvalue weighted by atomic mass is 127. The fourth-order valence-electron chi connectivity index (χ4n) is 2.52. The van der Waals surface area contributed by atoms with Gasteiger partial charge in [-0.3, -0.25) is 4.79 Å². The highest BCUT2D eigenvalue weighted by Crippen LogP contribution is 2.13. The molecular weight excluding hydrogens is 491 g/mol. The third-order valence-corrected chi connectivity index (χ3v) is 4.99. The maximum Gasteiger partial charge on any atom is 0.251 e. The monoisotopic (exact) mass is 506 g/mol. The first kappa shape index (κ1) is 20.2. The minimum absolute atomic E-state index is 0.193. The molecule has 3 aromatic rings. The van der Waals surface area contributed by atoms with Crippen molar-refractivity contribution in [2.45, 2.75) is 12.6 Å². The summed E-state index contributed by atoms with van der Waals surface area (Å²) in [5, 5.41) is 12.2. The van der Waals surface area contributed by atoms with Crippen molar-refractivity contribution in [3.63, 3.8) is 0 Å². The lowest BCUT2D eigenvalue weighted by atomic mass is 10.2. The molecule has 6 nitrogen and oxygen atoms in total. The fourth-order valence-corrected chi connectivity index (χ4v) is 3.06. The van der Waals surface area contributed by atoms with Gasteiger partial charge in [0.15, 0.2) is 0 Å². The van der Waals surface area contributed by atoms with Gasteiger partial charge < -0.3 is 14.6 Å². The summed E-state index contributed by atoms with van der Waals surface area (Å²) in [5.74, 6) is 0.422. The minimum Gasteiger partial charge on any atom is -0.491 e. The van der Waals surface area contributed by atoms with Gasteiger partial charge in [-0.25, -0.2) is 4.98 Å². The zero-order valence-corrected chi connectivity index (χ0v) is 17.6. The predicted octanol–water partition coefficient (Wildman–Crippen LogP) is 3.89. The number of hydrogen-bond acceptors (Lipinski definition) is 4. The van der Waals surface area contributed by atoms with Crippen LogP contribution in [0.5, 0.6) is 5.75 Å². The van der Waals surface area contributed by atoms with E-state index in [-0.39, 0.29) is 18.6 Å². The van der Waals surface area contributed by atoms with Crippen molar-refractivity contribution >= 4 is 40.1 Å². The first-order chi connectivity index (χ1) is 13.5. The molecule has 1 amide bonds. The number of benzene rings is 2. The van der Waals surface area contributed by atoms with Gasteiger partial charge in [-0.05, 0) is 82.7 Å². The number of hydrogen-bond donors (Lipinski definition) is 1. The number of nitrogens with one attached hydrogen (secondary N) is 1. The van der Waals surface area contributed by atoms with Gasteiger partial charge in [-0.15, -0.1) is 0 Å². The number of nitriles is 1. The Kier molecular flexibility index (Phi) is 6.90. The number of nitrogens with zero attached hydrogens (tertiary/aromatic N) is 3. The van der Waals surface area contributed by atoms with E-state index < -0.39 is 0 Å². The number of rotatable bonds is 7. The van der Waals surface area contributed by atoms with Crippen LogP contribution < -0.4 is 10.1 Å². The lowest BCUT2D eigenvalue weighted by Crippen LogP contribution is -2.42.